The average molecular weight is 330 g/mol. The Kier molecular flexibility index (Phi) is 3.29. The summed E-state index contributed by atoms with van der Waals surface area (Å²) in [6, 6.07) is 1.80. The van der Waals surface area contributed by atoms with Crippen LogP contribution in [-0.4, -0.2) is 22.5 Å². The standard InChI is InChI=1S/C19H22O5/c1-11-3-5-19(22)12(2)7-14(20)8-16(19)18(11)9-15(24-17(18)21)13-4-6-23-10-13/h4,6-7,10-11,15-16,22H,3,5,8-9H2,1-2H3/t11-,15+,16+,18-,19-/m0/s1. The zero-order valence-electron chi connectivity index (χ0n) is 14.0. The summed E-state index contributed by atoms with van der Waals surface area (Å²) in [5.41, 5.74) is -0.407. The van der Waals surface area contributed by atoms with Crippen molar-refractivity contribution in [2.24, 2.45) is 17.3 Å². The van der Waals surface area contributed by atoms with Crippen molar-refractivity contribution < 1.29 is 23.8 Å². The second-order valence-electron chi connectivity index (χ2n) is 7.61. The highest BCUT2D eigenvalue weighted by molar-refractivity contribution is 5.93. The van der Waals surface area contributed by atoms with Gasteiger partial charge >= 0.3 is 5.97 Å². The van der Waals surface area contributed by atoms with E-state index in [9.17, 15) is 14.7 Å². The van der Waals surface area contributed by atoms with Gasteiger partial charge in [-0.25, -0.2) is 0 Å². The van der Waals surface area contributed by atoms with Crippen LogP contribution in [0, 0.1) is 17.3 Å². The normalized spacial score (nSPS) is 42.0. The van der Waals surface area contributed by atoms with E-state index in [4.69, 9.17) is 9.15 Å². The zero-order valence-corrected chi connectivity index (χ0v) is 14.0. The summed E-state index contributed by atoms with van der Waals surface area (Å²) in [6.07, 6.45) is 6.32. The molecule has 128 valence electrons. The monoisotopic (exact) mass is 330 g/mol. The number of hydrogen-bond acceptors (Lipinski definition) is 5. The number of fused-ring (bicyclic) bond motifs is 2. The van der Waals surface area contributed by atoms with E-state index in [1.165, 1.54) is 6.08 Å². The molecule has 0 unspecified atom stereocenters. The molecule has 5 nitrogen and oxygen atoms in total. The van der Waals surface area contributed by atoms with E-state index in [0.29, 0.717) is 18.4 Å². The smallest absolute Gasteiger partial charge is 0.313 e. The number of carbonyl (C=O) groups is 2. The van der Waals surface area contributed by atoms with Gasteiger partial charge in [0.05, 0.1) is 23.5 Å². The van der Waals surface area contributed by atoms with Crippen LogP contribution < -0.4 is 0 Å². The summed E-state index contributed by atoms with van der Waals surface area (Å²) < 4.78 is 10.8. The summed E-state index contributed by atoms with van der Waals surface area (Å²) >= 11 is 0. The van der Waals surface area contributed by atoms with Crippen molar-refractivity contribution in [1.82, 2.24) is 0 Å². The van der Waals surface area contributed by atoms with Crippen LogP contribution in [0.1, 0.15) is 51.2 Å². The number of carbonyl (C=O) groups excluding carboxylic acids is 2. The van der Waals surface area contributed by atoms with Gasteiger partial charge in [-0.15, -0.1) is 0 Å². The van der Waals surface area contributed by atoms with Crippen molar-refractivity contribution >= 4 is 11.8 Å². The van der Waals surface area contributed by atoms with Gasteiger partial charge in [0.25, 0.3) is 0 Å². The highest BCUT2D eigenvalue weighted by atomic mass is 16.6. The van der Waals surface area contributed by atoms with Crippen LogP contribution in [0.4, 0.5) is 0 Å². The first-order valence-electron chi connectivity index (χ1n) is 8.55. The number of aliphatic hydroxyl groups is 1. The van der Waals surface area contributed by atoms with Crippen LogP contribution in [-0.2, 0) is 14.3 Å². The fraction of sp³-hybridized carbons (Fsp3) is 0.579. The van der Waals surface area contributed by atoms with Crippen molar-refractivity contribution in [2.75, 3.05) is 0 Å². The summed E-state index contributed by atoms with van der Waals surface area (Å²) in [4.78, 5) is 25.2. The maximum Gasteiger partial charge on any atom is 0.313 e. The SMILES string of the molecule is CC1=CC(=O)C[C@@H]2[C@]3(C[C@H](c4ccoc4)OC3=O)[C@@H](C)CC[C@]12O. The largest absolute Gasteiger partial charge is 0.472 e. The molecule has 1 saturated carbocycles. The molecule has 4 rings (SSSR count). The Labute approximate surface area is 140 Å². The third-order valence-corrected chi connectivity index (χ3v) is 6.57. The Hall–Kier alpha value is -1.88. The van der Waals surface area contributed by atoms with E-state index >= 15 is 0 Å². The van der Waals surface area contributed by atoms with Crippen LogP contribution in [0.5, 0.6) is 0 Å². The van der Waals surface area contributed by atoms with Gasteiger partial charge in [0, 0.05) is 24.3 Å². The highest BCUT2D eigenvalue weighted by Gasteiger charge is 2.66. The fourth-order valence-electron chi connectivity index (χ4n) is 5.09. The number of esters is 1. The van der Waals surface area contributed by atoms with Crippen LogP contribution in [0.3, 0.4) is 0 Å². The molecule has 24 heavy (non-hydrogen) atoms. The molecule has 0 amide bonds. The predicted octanol–water partition coefficient (Wildman–Crippen LogP) is 2.95. The van der Waals surface area contributed by atoms with Crippen LogP contribution >= 0.6 is 0 Å². The number of ether oxygens (including phenoxy) is 1. The van der Waals surface area contributed by atoms with Gasteiger partial charge in [-0.3, -0.25) is 9.59 Å². The second kappa shape index (κ2) is 5.06. The lowest BCUT2D eigenvalue weighted by atomic mass is 9.50. The molecular formula is C19H22O5. The van der Waals surface area contributed by atoms with E-state index in [2.05, 4.69) is 0 Å². The summed E-state index contributed by atoms with van der Waals surface area (Å²) in [5.74, 6) is -0.663. The Morgan fingerprint density at radius 2 is 2.12 bits per heavy atom. The molecule has 2 heterocycles. The molecule has 1 N–H and O–H groups in total. The third kappa shape index (κ3) is 1.91. The number of ketones is 1. The van der Waals surface area contributed by atoms with Gasteiger partial charge < -0.3 is 14.3 Å². The number of furan rings is 1. The van der Waals surface area contributed by atoms with Crippen molar-refractivity contribution in [2.45, 2.75) is 51.2 Å². The minimum atomic E-state index is -1.09. The topological polar surface area (TPSA) is 76.7 Å². The molecule has 1 aliphatic heterocycles. The van der Waals surface area contributed by atoms with E-state index in [1.807, 2.05) is 6.92 Å². The Morgan fingerprint density at radius 1 is 1.33 bits per heavy atom. The quantitative estimate of drug-likeness (QED) is 0.801. The van der Waals surface area contributed by atoms with Crippen LogP contribution in [0.15, 0.2) is 34.7 Å². The van der Waals surface area contributed by atoms with Crippen molar-refractivity contribution in [3.63, 3.8) is 0 Å². The van der Waals surface area contributed by atoms with E-state index < -0.39 is 16.9 Å². The molecule has 0 aromatic carbocycles. The van der Waals surface area contributed by atoms with Gasteiger partial charge in [0.15, 0.2) is 5.78 Å². The number of cyclic esters (lactones) is 1. The van der Waals surface area contributed by atoms with Crippen molar-refractivity contribution in [1.29, 1.82) is 0 Å². The first-order valence-corrected chi connectivity index (χ1v) is 8.55. The first-order chi connectivity index (χ1) is 11.4. The lowest BCUT2D eigenvalue weighted by molar-refractivity contribution is -0.170. The lowest BCUT2D eigenvalue weighted by Gasteiger charge is -2.53. The van der Waals surface area contributed by atoms with Gasteiger partial charge in [-0.2, -0.15) is 0 Å². The molecule has 5 heteroatoms. The molecule has 2 fully saturated rings. The van der Waals surface area contributed by atoms with Gasteiger partial charge in [-0.05, 0) is 43.4 Å². The van der Waals surface area contributed by atoms with E-state index in [1.54, 1.807) is 25.5 Å². The minimum Gasteiger partial charge on any atom is -0.472 e. The Bertz CT molecular complexity index is 718. The van der Waals surface area contributed by atoms with Crippen molar-refractivity contribution in [3.05, 3.63) is 35.8 Å². The van der Waals surface area contributed by atoms with Gasteiger partial charge in [-0.1, -0.05) is 6.92 Å². The molecule has 0 bridgehead atoms. The molecule has 1 aromatic heterocycles. The molecular weight excluding hydrogens is 308 g/mol. The summed E-state index contributed by atoms with van der Waals surface area (Å²) in [7, 11) is 0. The Morgan fingerprint density at radius 3 is 2.83 bits per heavy atom. The predicted molar refractivity (Wildman–Crippen MR) is 84.8 cm³/mol. The molecule has 0 radical (unpaired) electrons. The molecule has 1 saturated heterocycles. The van der Waals surface area contributed by atoms with Gasteiger partial charge in [0.1, 0.15) is 6.10 Å². The Balaban J connectivity index is 1.79. The van der Waals surface area contributed by atoms with E-state index in [0.717, 1.165) is 12.0 Å². The fourth-order valence-corrected chi connectivity index (χ4v) is 5.09. The molecule has 3 aliphatic rings. The third-order valence-electron chi connectivity index (χ3n) is 6.57. The molecule has 1 aromatic rings. The highest BCUT2D eigenvalue weighted by Crippen LogP contribution is 2.62. The first kappa shape index (κ1) is 15.6. The second-order valence-corrected chi connectivity index (χ2v) is 7.61. The van der Waals surface area contributed by atoms with Crippen LogP contribution in [0.25, 0.3) is 0 Å². The summed E-state index contributed by atoms with van der Waals surface area (Å²) in [6.45, 7) is 3.83. The zero-order chi connectivity index (χ0) is 17.1. The maximum absolute atomic E-state index is 13.0. The maximum atomic E-state index is 13.0. The summed E-state index contributed by atoms with van der Waals surface area (Å²) in [5, 5.41) is 11.3. The molecule has 1 spiro atoms. The lowest BCUT2D eigenvalue weighted by Crippen LogP contribution is -2.59. The number of hydrogen-bond donors (Lipinski definition) is 1. The molecule has 5 atom stereocenters. The number of allylic oxidation sites excluding steroid dienone is 1. The van der Waals surface area contributed by atoms with Gasteiger partial charge in [0.2, 0.25) is 0 Å². The van der Waals surface area contributed by atoms with E-state index in [-0.39, 0.29) is 30.2 Å². The average Bonchev–Trinajstić information content (AvgIpc) is 3.16. The van der Waals surface area contributed by atoms with Crippen molar-refractivity contribution in [3.8, 4) is 0 Å². The minimum absolute atomic E-state index is 0.0183. The molecule has 2 aliphatic carbocycles. The van der Waals surface area contributed by atoms with Crippen LogP contribution in [0.2, 0.25) is 0 Å². The number of rotatable bonds is 1.